The van der Waals surface area contributed by atoms with Crippen LogP contribution in [-0.2, 0) is 4.79 Å². The Labute approximate surface area is 218 Å². The van der Waals surface area contributed by atoms with E-state index in [4.69, 9.17) is 0 Å². The molecule has 5 aliphatic carbocycles. The lowest BCUT2D eigenvalue weighted by molar-refractivity contribution is -0.241. The lowest BCUT2D eigenvalue weighted by atomic mass is 9.32. The van der Waals surface area contributed by atoms with E-state index in [1.807, 2.05) is 0 Å². The maximum Gasteiger partial charge on any atom is 0.129 e. The zero-order valence-corrected chi connectivity index (χ0v) is 24.8. The standard InChI is InChI=1S/C34H58O/c1-23(11-9-12-24(2)35)25-15-20-31(5)26(25)16-21-33(7)28(31)13-14-29-32(6)19-10-18-30(3,4)27(32)17-22-34(29,33)8/h23,25-29H,9-22H2,1-8H3. The van der Waals surface area contributed by atoms with Crippen LogP contribution in [0.3, 0.4) is 0 Å². The van der Waals surface area contributed by atoms with Gasteiger partial charge in [-0.15, -0.1) is 0 Å². The molecule has 1 heteroatoms. The van der Waals surface area contributed by atoms with Crippen molar-refractivity contribution in [2.24, 2.45) is 62.6 Å². The van der Waals surface area contributed by atoms with Crippen LogP contribution < -0.4 is 0 Å². The summed E-state index contributed by atoms with van der Waals surface area (Å²) in [7, 11) is 0. The zero-order valence-electron chi connectivity index (χ0n) is 24.8. The number of hydrogen-bond donors (Lipinski definition) is 0. The zero-order chi connectivity index (χ0) is 25.4. The van der Waals surface area contributed by atoms with Gasteiger partial charge >= 0.3 is 0 Å². The van der Waals surface area contributed by atoms with Gasteiger partial charge in [-0.1, -0.05) is 61.3 Å². The molecule has 5 fully saturated rings. The largest absolute Gasteiger partial charge is 0.300 e. The van der Waals surface area contributed by atoms with Gasteiger partial charge < -0.3 is 4.79 Å². The van der Waals surface area contributed by atoms with Crippen molar-refractivity contribution in [3.8, 4) is 0 Å². The van der Waals surface area contributed by atoms with Crippen molar-refractivity contribution in [1.29, 1.82) is 0 Å². The van der Waals surface area contributed by atoms with Gasteiger partial charge in [-0.25, -0.2) is 0 Å². The van der Waals surface area contributed by atoms with E-state index < -0.39 is 0 Å². The van der Waals surface area contributed by atoms with Crippen molar-refractivity contribution < 1.29 is 4.79 Å². The fraction of sp³-hybridized carbons (Fsp3) is 0.971. The number of carbonyl (C=O) groups excluding carboxylic acids is 1. The quantitative estimate of drug-likeness (QED) is 0.381. The first-order chi connectivity index (χ1) is 16.3. The SMILES string of the molecule is CC(=O)CCCC(C)C1CCC2(C)C1CCC1(C)C2CCC2C3(C)CCCC(C)(C)C3CCC21C. The summed E-state index contributed by atoms with van der Waals surface area (Å²) >= 11 is 0. The highest BCUT2D eigenvalue weighted by Gasteiger charge is 2.70. The molecule has 0 heterocycles. The first-order valence-corrected chi connectivity index (χ1v) is 15.8. The summed E-state index contributed by atoms with van der Waals surface area (Å²) in [5.41, 5.74) is 2.68. The minimum Gasteiger partial charge on any atom is -0.300 e. The average molecular weight is 483 g/mol. The van der Waals surface area contributed by atoms with E-state index in [1.165, 1.54) is 77.0 Å². The molecule has 0 aliphatic heterocycles. The van der Waals surface area contributed by atoms with Gasteiger partial charge in [-0.3, -0.25) is 0 Å². The Balaban J connectivity index is 1.39. The number of carbonyl (C=O) groups is 1. The van der Waals surface area contributed by atoms with Crippen molar-refractivity contribution in [2.75, 3.05) is 0 Å². The van der Waals surface area contributed by atoms with Crippen LogP contribution in [0.5, 0.6) is 0 Å². The Morgan fingerprint density at radius 3 is 2.03 bits per heavy atom. The maximum atomic E-state index is 11.5. The van der Waals surface area contributed by atoms with E-state index in [2.05, 4.69) is 48.5 Å². The van der Waals surface area contributed by atoms with Gasteiger partial charge in [-0.05, 0) is 140 Å². The highest BCUT2D eigenvalue weighted by atomic mass is 16.1. The summed E-state index contributed by atoms with van der Waals surface area (Å²) < 4.78 is 0. The molecule has 0 amide bonds. The Morgan fingerprint density at radius 1 is 0.743 bits per heavy atom. The fourth-order valence-electron chi connectivity index (χ4n) is 12.9. The average Bonchev–Trinajstić information content (AvgIpc) is 3.10. The van der Waals surface area contributed by atoms with Crippen molar-refractivity contribution >= 4 is 5.78 Å². The van der Waals surface area contributed by atoms with Crippen LogP contribution in [-0.4, -0.2) is 5.78 Å². The Bertz CT molecular complexity index is 826. The van der Waals surface area contributed by atoms with E-state index in [9.17, 15) is 4.79 Å². The molecule has 0 radical (unpaired) electrons. The van der Waals surface area contributed by atoms with Gasteiger partial charge in [0.15, 0.2) is 0 Å². The van der Waals surface area contributed by atoms with Crippen LogP contribution in [0.15, 0.2) is 0 Å². The summed E-state index contributed by atoms with van der Waals surface area (Å²) in [6, 6.07) is 0. The second-order valence-electron chi connectivity index (χ2n) is 16.4. The molecule has 10 unspecified atom stereocenters. The molecule has 10 atom stereocenters. The molecule has 1 nitrogen and oxygen atoms in total. The van der Waals surface area contributed by atoms with Crippen LogP contribution >= 0.6 is 0 Å². The monoisotopic (exact) mass is 482 g/mol. The number of hydrogen-bond acceptors (Lipinski definition) is 1. The van der Waals surface area contributed by atoms with Crippen molar-refractivity contribution in [3.63, 3.8) is 0 Å². The van der Waals surface area contributed by atoms with Crippen molar-refractivity contribution in [1.82, 2.24) is 0 Å². The normalized spacial score (nSPS) is 51.5. The fourth-order valence-corrected chi connectivity index (χ4v) is 12.9. The third kappa shape index (κ3) is 3.69. The highest BCUT2D eigenvalue weighted by molar-refractivity contribution is 5.75. The molecule has 5 rings (SSSR count). The van der Waals surface area contributed by atoms with E-state index >= 15 is 0 Å². The van der Waals surface area contributed by atoms with Gasteiger partial charge in [0, 0.05) is 6.42 Å². The molecule has 35 heavy (non-hydrogen) atoms. The molecule has 0 aromatic rings. The molecule has 5 saturated carbocycles. The van der Waals surface area contributed by atoms with E-state index in [1.54, 1.807) is 6.92 Å². The van der Waals surface area contributed by atoms with Crippen LogP contribution in [0.4, 0.5) is 0 Å². The van der Waals surface area contributed by atoms with E-state index in [0.717, 1.165) is 48.3 Å². The molecule has 5 aliphatic rings. The third-order valence-electron chi connectivity index (χ3n) is 14.7. The van der Waals surface area contributed by atoms with Gasteiger partial charge in [0.25, 0.3) is 0 Å². The van der Waals surface area contributed by atoms with E-state index in [-0.39, 0.29) is 0 Å². The molecule has 0 saturated heterocycles. The molecule has 0 aromatic heterocycles. The van der Waals surface area contributed by atoms with Crippen LogP contribution in [0.1, 0.15) is 145 Å². The number of ketones is 1. The molecule has 0 bridgehead atoms. The summed E-state index contributed by atoms with van der Waals surface area (Å²) in [6.07, 6.45) is 19.4. The minimum atomic E-state index is 0.372. The van der Waals surface area contributed by atoms with Crippen molar-refractivity contribution in [2.45, 2.75) is 145 Å². The molecule has 0 N–H and O–H groups in total. The topological polar surface area (TPSA) is 17.1 Å². The lowest BCUT2D eigenvalue weighted by Crippen LogP contribution is -2.65. The van der Waals surface area contributed by atoms with Crippen molar-refractivity contribution in [3.05, 3.63) is 0 Å². The first kappa shape index (κ1) is 26.3. The summed E-state index contributed by atoms with van der Waals surface area (Å²) in [6.45, 7) is 20.6. The lowest BCUT2D eigenvalue weighted by Gasteiger charge is -2.73. The smallest absolute Gasteiger partial charge is 0.129 e. The van der Waals surface area contributed by atoms with Gasteiger partial charge in [0.1, 0.15) is 5.78 Å². The summed E-state index contributed by atoms with van der Waals surface area (Å²) in [4.78, 5) is 11.5. The van der Waals surface area contributed by atoms with Gasteiger partial charge in [-0.2, -0.15) is 0 Å². The van der Waals surface area contributed by atoms with E-state index in [0.29, 0.717) is 32.9 Å². The second-order valence-corrected chi connectivity index (χ2v) is 16.4. The van der Waals surface area contributed by atoms with Crippen LogP contribution in [0, 0.1) is 62.6 Å². The Hall–Kier alpha value is -0.330. The van der Waals surface area contributed by atoms with Crippen LogP contribution in [0.2, 0.25) is 0 Å². The summed E-state index contributed by atoms with van der Waals surface area (Å²) in [5.74, 6) is 5.76. The van der Waals surface area contributed by atoms with Crippen LogP contribution in [0.25, 0.3) is 0 Å². The Kier molecular flexibility index (Phi) is 6.45. The summed E-state index contributed by atoms with van der Waals surface area (Å²) in [5, 5.41) is 0. The predicted octanol–water partition coefficient (Wildman–Crippen LogP) is 9.87. The predicted molar refractivity (Wildman–Crippen MR) is 148 cm³/mol. The van der Waals surface area contributed by atoms with Gasteiger partial charge in [0.2, 0.25) is 0 Å². The number of fused-ring (bicyclic) bond motifs is 7. The molecular weight excluding hydrogens is 424 g/mol. The number of Topliss-reactive ketones (excluding diaryl/α,β-unsaturated/α-hetero) is 1. The maximum absolute atomic E-state index is 11.5. The third-order valence-corrected chi connectivity index (χ3v) is 14.7. The second kappa shape index (κ2) is 8.59. The van der Waals surface area contributed by atoms with Gasteiger partial charge in [0.05, 0.1) is 0 Å². The highest BCUT2D eigenvalue weighted by Crippen LogP contribution is 2.78. The molecule has 0 aromatic carbocycles. The first-order valence-electron chi connectivity index (χ1n) is 15.8. The molecule has 0 spiro atoms. The number of rotatable bonds is 5. The Morgan fingerprint density at radius 2 is 1.37 bits per heavy atom. The molecular formula is C34H58O. The minimum absolute atomic E-state index is 0.372. The molecule has 200 valence electrons.